The van der Waals surface area contributed by atoms with Gasteiger partial charge in [-0.1, -0.05) is 18.2 Å². The van der Waals surface area contributed by atoms with Gasteiger partial charge in [-0.2, -0.15) is 11.8 Å². The Kier molecular flexibility index (Phi) is 10.3. The number of amides is 2. The zero-order chi connectivity index (χ0) is 34.7. The predicted molar refractivity (Wildman–Crippen MR) is 193 cm³/mol. The Morgan fingerprint density at radius 1 is 1.06 bits per heavy atom. The van der Waals surface area contributed by atoms with E-state index in [1.54, 1.807) is 45.2 Å². The van der Waals surface area contributed by atoms with Crippen LogP contribution in [0.2, 0.25) is 0 Å². The lowest BCUT2D eigenvalue weighted by Gasteiger charge is -2.28. The van der Waals surface area contributed by atoms with E-state index in [0.717, 1.165) is 52.1 Å². The number of anilines is 1. The van der Waals surface area contributed by atoms with Crippen molar-refractivity contribution in [3.05, 3.63) is 75.7 Å². The maximum atomic E-state index is 14.3. The molecular formula is C37H43N5O6S. The molecular weight excluding hydrogens is 643 g/mol. The number of aromatic amines is 1. The van der Waals surface area contributed by atoms with Crippen molar-refractivity contribution in [2.45, 2.75) is 57.2 Å². The van der Waals surface area contributed by atoms with Crippen LogP contribution in [0.5, 0.6) is 17.2 Å². The van der Waals surface area contributed by atoms with Crippen LogP contribution in [0.25, 0.3) is 22.2 Å². The number of thioether (sulfide) groups is 1. The van der Waals surface area contributed by atoms with Crippen LogP contribution in [0.1, 0.15) is 61.6 Å². The number of carbonyl (C=O) groups is 2. The maximum absolute atomic E-state index is 14.3. The van der Waals surface area contributed by atoms with Crippen molar-refractivity contribution in [3.8, 4) is 28.4 Å². The van der Waals surface area contributed by atoms with E-state index in [1.807, 2.05) is 47.6 Å². The summed E-state index contributed by atoms with van der Waals surface area (Å²) in [7, 11) is 4.70. The Hall–Kier alpha value is -4.71. The summed E-state index contributed by atoms with van der Waals surface area (Å²) in [5, 5.41) is 6.40. The fourth-order valence-electron chi connectivity index (χ4n) is 7.15. The summed E-state index contributed by atoms with van der Waals surface area (Å²) in [4.78, 5) is 50.9. The molecule has 3 aromatic carbocycles. The summed E-state index contributed by atoms with van der Waals surface area (Å²) >= 11 is 1.65. The van der Waals surface area contributed by atoms with Gasteiger partial charge in [0.15, 0.2) is 11.5 Å². The molecule has 12 heteroatoms. The molecule has 2 heterocycles. The number of carbonyl (C=O) groups excluding carboxylic acids is 2. The number of likely N-dealkylation sites (tertiary alicyclic amines) is 1. The van der Waals surface area contributed by atoms with Gasteiger partial charge in [0.25, 0.3) is 0 Å². The molecule has 6 rings (SSSR count). The van der Waals surface area contributed by atoms with Gasteiger partial charge in [0.05, 0.1) is 50.1 Å². The van der Waals surface area contributed by atoms with E-state index in [-0.39, 0.29) is 23.3 Å². The molecule has 3 N–H and O–H groups in total. The number of hydrogen-bond donors (Lipinski definition) is 3. The van der Waals surface area contributed by atoms with Crippen molar-refractivity contribution >= 4 is 40.3 Å². The summed E-state index contributed by atoms with van der Waals surface area (Å²) in [5.74, 6) is 2.69. The molecule has 1 fully saturated rings. The van der Waals surface area contributed by atoms with Crippen molar-refractivity contribution in [2.24, 2.45) is 0 Å². The van der Waals surface area contributed by atoms with Crippen LogP contribution in [0.3, 0.4) is 0 Å². The van der Waals surface area contributed by atoms with Gasteiger partial charge in [0.2, 0.25) is 23.0 Å². The van der Waals surface area contributed by atoms with Gasteiger partial charge in [-0.05, 0) is 91.1 Å². The molecule has 3 atom stereocenters. The number of nitrogens with one attached hydrogen (secondary N) is 3. The molecule has 2 aliphatic rings. The Balaban J connectivity index is 1.41. The lowest BCUT2D eigenvalue weighted by molar-refractivity contribution is -0.133. The molecule has 0 bridgehead atoms. The van der Waals surface area contributed by atoms with Crippen molar-refractivity contribution in [1.29, 1.82) is 0 Å². The van der Waals surface area contributed by atoms with Gasteiger partial charge in [-0.3, -0.25) is 14.4 Å². The van der Waals surface area contributed by atoms with E-state index in [4.69, 9.17) is 19.2 Å². The first kappa shape index (κ1) is 34.2. The van der Waals surface area contributed by atoms with Crippen molar-refractivity contribution in [2.75, 3.05) is 45.2 Å². The lowest BCUT2D eigenvalue weighted by atomic mass is 9.95. The van der Waals surface area contributed by atoms with Gasteiger partial charge >= 0.3 is 0 Å². The highest BCUT2D eigenvalue weighted by atomic mass is 32.2. The summed E-state index contributed by atoms with van der Waals surface area (Å²) in [6, 6.07) is 13.7. The number of nitrogens with zero attached hydrogens (tertiary/aromatic N) is 2. The van der Waals surface area contributed by atoms with Crippen molar-refractivity contribution in [3.63, 3.8) is 0 Å². The van der Waals surface area contributed by atoms with Crippen molar-refractivity contribution < 1.29 is 23.8 Å². The Bertz CT molecular complexity index is 1900. The molecule has 258 valence electrons. The molecule has 4 aromatic rings. The maximum Gasteiger partial charge on any atom is 0.245 e. The number of methoxy groups -OCH3 is 3. The molecule has 0 radical (unpaired) electrons. The van der Waals surface area contributed by atoms with Crippen LogP contribution in [-0.2, 0) is 16.0 Å². The molecule has 11 nitrogen and oxygen atoms in total. The van der Waals surface area contributed by atoms with Gasteiger partial charge < -0.3 is 34.7 Å². The van der Waals surface area contributed by atoms with Crippen LogP contribution < -0.4 is 30.3 Å². The molecule has 2 amide bonds. The number of ether oxygens (including phenoxy) is 3. The lowest BCUT2D eigenvalue weighted by Crippen LogP contribution is -2.43. The highest BCUT2D eigenvalue weighted by Gasteiger charge is 2.36. The smallest absolute Gasteiger partial charge is 0.245 e. The Morgan fingerprint density at radius 2 is 1.86 bits per heavy atom. The summed E-state index contributed by atoms with van der Waals surface area (Å²) in [6.07, 6.45) is 5.36. The summed E-state index contributed by atoms with van der Waals surface area (Å²) in [6.45, 7) is 2.08. The number of benzene rings is 2. The molecule has 1 aromatic heterocycles. The Morgan fingerprint density at radius 3 is 2.57 bits per heavy atom. The zero-order valence-corrected chi connectivity index (χ0v) is 29.4. The largest absolute Gasteiger partial charge is 0.493 e. The third-order valence-corrected chi connectivity index (χ3v) is 10.1. The SMILES string of the molecule is COc1cc2c(c(OC)c1OC)-c1ccc(N[C@@H](CCSC)C(=O)N3CCC[C@H]3c3nc4ccccc4[nH]3)c(=O)cc1[C@@H](NC(C)=O)CC2. The third kappa shape index (κ3) is 6.79. The minimum absolute atomic E-state index is 0.0653. The number of aromatic nitrogens is 2. The fourth-order valence-corrected chi connectivity index (χ4v) is 7.62. The first-order valence-electron chi connectivity index (χ1n) is 16.6. The molecule has 1 aliphatic carbocycles. The second-order valence-electron chi connectivity index (χ2n) is 12.4. The van der Waals surface area contributed by atoms with E-state index in [2.05, 4.69) is 15.6 Å². The van der Waals surface area contributed by atoms with E-state index in [0.29, 0.717) is 54.3 Å². The number of H-pyrrole nitrogens is 1. The normalized spacial score (nSPS) is 17.4. The average molecular weight is 686 g/mol. The van der Waals surface area contributed by atoms with Crippen LogP contribution in [0.4, 0.5) is 5.69 Å². The van der Waals surface area contributed by atoms with Gasteiger partial charge in [0.1, 0.15) is 11.9 Å². The predicted octanol–water partition coefficient (Wildman–Crippen LogP) is 5.64. The number of imidazole rings is 1. The standard InChI is InChI=1S/C37H43N5O6S/c1-21(43)38-25-14-12-22-19-32(46-2)34(47-3)35(48-4)33(22)23-13-15-28(31(44)20-24(23)25)39-29(16-18-49-5)37(45)42-17-8-11-30(42)36-40-26-9-6-7-10-27(26)41-36/h6-7,9-10,13,15,19-20,25,29-30H,8,11-12,14,16-18H2,1-5H3,(H,38,43)(H,39,44)(H,40,41)/t25-,29-,30-/m0/s1. The van der Waals surface area contributed by atoms with Crippen LogP contribution in [-0.4, -0.2) is 72.6 Å². The van der Waals surface area contributed by atoms with E-state index >= 15 is 0 Å². The fraction of sp³-hybridized carbons (Fsp3) is 0.405. The van der Waals surface area contributed by atoms with Crippen molar-refractivity contribution in [1.82, 2.24) is 20.2 Å². The van der Waals surface area contributed by atoms with E-state index in [1.165, 1.54) is 6.92 Å². The number of para-hydroxylation sites is 2. The zero-order valence-electron chi connectivity index (χ0n) is 28.6. The molecule has 0 saturated carbocycles. The Labute approximate surface area is 290 Å². The monoisotopic (exact) mass is 685 g/mol. The van der Waals surface area contributed by atoms with Crippen LogP contribution in [0, 0.1) is 0 Å². The number of aryl methyl sites for hydroxylation is 1. The highest BCUT2D eigenvalue weighted by molar-refractivity contribution is 7.98. The van der Waals surface area contributed by atoms with Crippen LogP contribution in [0.15, 0.2) is 53.3 Å². The molecule has 0 unspecified atom stereocenters. The topological polar surface area (TPSA) is 135 Å². The molecule has 1 saturated heterocycles. The minimum Gasteiger partial charge on any atom is -0.493 e. The number of hydrogen-bond acceptors (Lipinski definition) is 9. The second-order valence-corrected chi connectivity index (χ2v) is 13.4. The third-order valence-electron chi connectivity index (χ3n) is 9.41. The highest BCUT2D eigenvalue weighted by Crippen LogP contribution is 2.50. The summed E-state index contributed by atoms with van der Waals surface area (Å²) < 4.78 is 17.3. The van der Waals surface area contributed by atoms with E-state index in [9.17, 15) is 14.4 Å². The average Bonchev–Trinajstić information content (AvgIpc) is 3.70. The first-order valence-corrected chi connectivity index (χ1v) is 17.9. The van der Waals surface area contributed by atoms with Gasteiger partial charge in [0, 0.05) is 19.0 Å². The first-order chi connectivity index (χ1) is 23.8. The number of rotatable bonds is 11. The minimum atomic E-state index is -0.635. The van der Waals surface area contributed by atoms with Gasteiger partial charge in [-0.25, -0.2) is 4.98 Å². The number of fused-ring (bicyclic) bond motifs is 4. The second kappa shape index (κ2) is 14.8. The summed E-state index contributed by atoms with van der Waals surface area (Å²) in [5.41, 5.74) is 4.92. The van der Waals surface area contributed by atoms with Gasteiger partial charge in [-0.15, -0.1) is 0 Å². The molecule has 1 aliphatic heterocycles. The van der Waals surface area contributed by atoms with E-state index < -0.39 is 12.1 Å². The quantitative estimate of drug-likeness (QED) is 0.184. The molecule has 0 spiro atoms. The van der Waals surface area contributed by atoms with Crippen LogP contribution >= 0.6 is 11.8 Å². The molecule has 49 heavy (non-hydrogen) atoms.